The number of benzene rings is 1. The molecule has 0 spiro atoms. The second-order valence-corrected chi connectivity index (χ2v) is 4.87. The molecule has 1 aromatic carbocycles. The molecule has 0 aliphatic heterocycles. The van der Waals surface area contributed by atoms with E-state index in [1.807, 2.05) is 0 Å². The standard InChI is InChI=1S/C14H22N2O/c1-5-11-6-8-12(9-7-11)14(2,3)10-16-13(17)15-4/h6-9H,5,10H2,1-4H3,(H2,15,16,17). The fourth-order valence-corrected chi connectivity index (χ4v) is 1.68. The summed E-state index contributed by atoms with van der Waals surface area (Å²) in [4.78, 5) is 11.2. The molecule has 0 saturated heterocycles. The first-order chi connectivity index (χ1) is 7.99. The highest BCUT2D eigenvalue weighted by Gasteiger charge is 2.20. The Bertz CT molecular complexity index is 368. The first-order valence-corrected chi connectivity index (χ1v) is 6.04. The molecule has 3 nitrogen and oxygen atoms in total. The van der Waals surface area contributed by atoms with E-state index in [1.165, 1.54) is 11.1 Å². The average Bonchev–Trinajstić information content (AvgIpc) is 2.36. The molecule has 3 heteroatoms. The number of nitrogens with one attached hydrogen (secondary N) is 2. The molecule has 2 amide bonds. The molecule has 0 unspecified atom stereocenters. The number of aryl methyl sites for hydroxylation is 1. The van der Waals surface area contributed by atoms with Crippen molar-refractivity contribution >= 4 is 6.03 Å². The van der Waals surface area contributed by atoms with E-state index in [0.717, 1.165) is 6.42 Å². The predicted octanol–water partition coefficient (Wildman–Crippen LogP) is 2.46. The van der Waals surface area contributed by atoms with Gasteiger partial charge in [0.05, 0.1) is 0 Å². The summed E-state index contributed by atoms with van der Waals surface area (Å²) < 4.78 is 0. The molecule has 0 saturated carbocycles. The summed E-state index contributed by atoms with van der Waals surface area (Å²) in [5.74, 6) is 0. The Morgan fingerprint density at radius 2 is 1.82 bits per heavy atom. The van der Waals surface area contributed by atoms with Crippen molar-refractivity contribution in [1.29, 1.82) is 0 Å². The average molecular weight is 234 g/mol. The zero-order valence-corrected chi connectivity index (χ0v) is 11.1. The van der Waals surface area contributed by atoms with Crippen LogP contribution < -0.4 is 10.6 Å². The molecule has 17 heavy (non-hydrogen) atoms. The van der Waals surface area contributed by atoms with Crippen LogP contribution in [-0.4, -0.2) is 19.6 Å². The number of hydrogen-bond acceptors (Lipinski definition) is 1. The van der Waals surface area contributed by atoms with Crippen molar-refractivity contribution in [1.82, 2.24) is 10.6 Å². The van der Waals surface area contributed by atoms with Gasteiger partial charge in [-0.1, -0.05) is 45.0 Å². The van der Waals surface area contributed by atoms with E-state index >= 15 is 0 Å². The first-order valence-electron chi connectivity index (χ1n) is 6.04. The van der Waals surface area contributed by atoms with E-state index in [4.69, 9.17) is 0 Å². The van der Waals surface area contributed by atoms with E-state index in [9.17, 15) is 4.79 Å². The summed E-state index contributed by atoms with van der Waals surface area (Å²) in [5, 5.41) is 5.41. The molecule has 1 rings (SSSR count). The number of amides is 2. The number of carbonyl (C=O) groups is 1. The lowest BCUT2D eigenvalue weighted by Crippen LogP contribution is -2.40. The second kappa shape index (κ2) is 5.71. The number of carbonyl (C=O) groups excluding carboxylic acids is 1. The number of hydrogen-bond donors (Lipinski definition) is 2. The Hall–Kier alpha value is -1.51. The van der Waals surface area contributed by atoms with Crippen LogP contribution in [0.4, 0.5) is 4.79 Å². The maximum absolute atomic E-state index is 11.2. The van der Waals surface area contributed by atoms with Gasteiger partial charge in [-0.2, -0.15) is 0 Å². The van der Waals surface area contributed by atoms with Gasteiger partial charge in [-0.3, -0.25) is 0 Å². The third-order valence-electron chi connectivity index (χ3n) is 3.06. The van der Waals surface area contributed by atoms with Gasteiger partial charge in [-0.15, -0.1) is 0 Å². The summed E-state index contributed by atoms with van der Waals surface area (Å²) >= 11 is 0. The quantitative estimate of drug-likeness (QED) is 0.825. The Morgan fingerprint density at radius 3 is 2.29 bits per heavy atom. The van der Waals surface area contributed by atoms with Crippen LogP contribution in [-0.2, 0) is 11.8 Å². The Balaban J connectivity index is 2.70. The summed E-state index contributed by atoms with van der Waals surface area (Å²) in [6, 6.07) is 8.45. The van der Waals surface area contributed by atoms with Crippen molar-refractivity contribution in [3.8, 4) is 0 Å². The van der Waals surface area contributed by atoms with Gasteiger partial charge in [-0.05, 0) is 17.5 Å². The molecule has 0 bridgehead atoms. The van der Waals surface area contributed by atoms with E-state index in [-0.39, 0.29) is 11.4 Å². The molecule has 94 valence electrons. The van der Waals surface area contributed by atoms with Crippen LogP contribution in [0.15, 0.2) is 24.3 Å². The molecule has 0 aliphatic carbocycles. The molecular weight excluding hydrogens is 212 g/mol. The van der Waals surface area contributed by atoms with Crippen LogP contribution in [0.25, 0.3) is 0 Å². The highest BCUT2D eigenvalue weighted by molar-refractivity contribution is 5.73. The van der Waals surface area contributed by atoms with Crippen molar-refractivity contribution in [2.75, 3.05) is 13.6 Å². The maximum atomic E-state index is 11.2. The van der Waals surface area contributed by atoms with Crippen molar-refractivity contribution in [2.24, 2.45) is 0 Å². The molecule has 0 heterocycles. The highest BCUT2D eigenvalue weighted by Crippen LogP contribution is 2.22. The molecule has 2 N–H and O–H groups in total. The lowest BCUT2D eigenvalue weighted by atomic mass is 9.84. The minimum absolute atomic E-state index is 0.0568. The van der Waals surface area contributed by atoms with E-state index < -0.39 is 0 Å². The SMILES string of the molecule is CCc1ccc(C(C)(C)CNC(=O)NC)cc1. The van der Waals surface area contributed by atoms with Gasteiger partial charge in [0.1, 0.15) is 0 Å². The van der Waals surface area contributed by atoms with Crippen molar-refractivity contribution < 1.29 is 4.79 Å². The van der Waals surface area contributed by atoms with Crippen LogP contribution >= 0.6 is 0 Å². The third kappa shape index (κ3) is 3.77. The summed E-state index contributed by atoms with van der Waals surface area (Å²) in [6.45, 7) is 7.03. The largest absolute Gasteiger partial charge is 0.341 e. The van der Waals surface area contributed by atoms with Crippen LogP contribution in [0, 0.1) is 0 Å². The molecule has 0 aliphatic rings. The monoisotopic (exact) mass is 234 g/mol. The van der Waals surface area contributed by atoms with Gasteiger partial charge < -0.3 is 10.6 Å². The Morgan fingerprint density at radius 1 is 1.24 bits per heavy atom. The fraction of sp³-hybridized carbons (Fsp3) is 0.500. The van der Waals surface area contributed by atoms with Crippen molar-refractivity contribution in [3.05, 3.63) is 35.4 Å². The molecular formula is C14H22N2O. The van der Waals surface area contributed by atoms with Gasteiger partial charge in [0.2, 0.25) is 0 Å². The van der Waals surface area contributed by atoms with Crippen LogP contribution in [0.1, 0.15) is 31.9 Å². The van der Waals surface area contributed by atoms with Gasteiger partial charge >= 0.3 is 6.03 Å². The molecule has 1 aromatic rings. The smallest absolute Gasteiger partial charge is 0.314 e. The summed E-state index contributed by atoms with van der Waals surface area (Å²) in [7, 11) is 1.62. The van der Waals surface area contributed by atoms with Gasteiger partial charge in [-0.25, -0.2) is 4.79 Å². The second-order valence-electron chi connectivity index (χ2n) is 4.87. The minimum Gasteiger partial charge on any atom is -0.341 e. The topological polar surface area (TPSA) is 41.1 Å². The normalized spacial score (nSPS) is 11.1. The van der Waals surface area contributed by atoms with Crippen molar-refractivity contribution in [2.45, 2.75) is 32.6 Å². The van der Waals surface area contributed by atoms with E-state index in [2.05, 4.69) is 55.7 Å². The lowest BCUT2D eigenvalue weighted by molar-refractivity contribution is 0.240. The minimum atomic E-state index is -0.136. The van der Waals surface area contributed by atoms with E-state index in [1.54, 1.807) is 7.05 Å². The predicted molar refractivity (Wildman–Crippen MR) is 71.3 cm³/mol. The van der Waals surface area contributed by atoms with Gasteiger partial charge in [0, 0.05) is 19.0 Å². The maximum Gasteiger partial charge on any atom is 0.314 e. The highest BCUT2D eigenvalue weighted by atomic mass is 16.2. The summed E-state index contributed by atoms with van der Waals surface area (Å²) in [6.07, 6.45) is 1.05. The first kappa shape index (κ1) is 13.6. The van der Waals surface area contributed by atoms with E-state index in [0.29, 0.717) is 6.54 Å². The van der Waals surface area contributed by atoms with Crippen LogP contribution in [0.5, 0.6) is 0 Å². The molecule has 0 atom stereocenters. The fourth-order valence-electron chi connectivity index (χ4n) is 1.68. The lowest BCUT2D eigenvalue weighted by Gasteiger charge is -2.25. The third-order valence-corrected chi connectivity index (χ3v) is 3.06. The summed E-state index contributed by atoms with van der Waals surface area (Å²) in [5.41, 5.74) is 2.52. The zero-order valence-electron chi connectivity index (χ0n) is 11.1. The van der Waals surface area contributed by atoms with Crippen molar-refractivity contribution in [3.63, 3.8) is 0 Å². The molecule has 0 aromatic heterocycles. The molecule has 0 radical (unpaired) electrons. The van der Waals surface area contributed by atoms with Gasteiger partial charge in [0.15, 0.2) is 0 Å². The van der Waals surface area contributed by atoms with Crippen LogP contribution in [0.2, 0.25) is 0 Å². The Kier molecular flexibility index (Phi) is 4.55. The van der Waals surface area contributed by atoms with Gasteiger partial charge in [0.25, 0.3) is 0 Å². The number of urea groups is 1. The van der Waals surface area contributed by atoms with Crippen LogP contribution in [0.3, 0.4) is 0 Å². The zero-order chi connectivity index (χ0) is 12.9. The Labute approximate surface area is 104 Å². The number of rotatable bonds is 4. The molecule has 0 fully saturated rings.